The Balaban J connectivity index is 1.73. The highest BCUT2D eigenvalue weighted by Crippen LogP contribution is 2.26. The maximum absolute atomic E-state index is 12.2. The lowest BCUT2D eigenvalue weighted by atomic mass is 10.2. The van der Waals surface area contributed by atoms with E-state index in [2.05, 4.69) is 75.3 Å². The molecule has 0 saturated heterocycles. The molecular formula is C20H25N7OS2. The van der Waals surface area contributed by atoms with E-state index in [1.165, 1.54) is 28.8 Å². The van der Waals surface area contributed by atoms with Gasteiger partial charge in [-0.05, 0) is 45.0 Å². The summed E-state index contributed by atoms with van der Waals surface area (Å²) in [5, 5.41) is 21.2. The van der Waals surface area contributed by atoms with Crippen molar-refractivity contribution in [1.82, 2.24) is 25.0 Å². The lowest BCUT2D eigenvalue weighted by Gasteiger charge is -2.21. The maximum Gasteiger partial charge on any atom is 0.236 e. The molecule has 10 heteroatoms. The van der Waals surface area contributed by atoms with Crippen LogP contribution in [0, 0.1) is 6.92 Å². The highest BCUT2D eigenvalue weighted by Gasteiger charge is 2.16. The van der Waals surface area contributed by atoms with Crippen molar-refractivity contribution in [2.75, 3.05) is 29.1 Å². The Morgan fingerprint density at radius 1 is 1.20 bits per heavy atom. The van der Waals surface area contributed by atoms with Crippen LogP contribution in [-0.2, 0) is 11.3 Å². The van der Waals surface area contributed by atoms with Gasteiger partial charge in [-0.3, -0.25) is 14.7 Å². The molecule has 0 spiro atoms. The van der Waals surface area contributed by atoms with Gasteiger partial charge in [0.1, 0.15) is 5.01 Å². The molecule has 0 fully saturated rings. The quantitative estimate of drug-likeness (QED) is 0.376. The van der Waals surface area contributed by atoms with Gasteiger partial charge < -0.3 is 4.90 Å². The van der Waals surface area contributed by atoms with E-state index in [-0.39, 0.29) is 11.7 Å². The normalized spacial score (nSPS) is 10.8. The number of hydrogen-bond donors (Lipinski definition) is 1. The summed E-state index contributed by atoms with van der Waals surface area (Å²) in [7, 11) is 0. The Hall–Kier alpha value is -2.72. The first-order valence-electron chi connectivity index (χ1n) is 9.67. The van der Waals surface area contributed by atoms with Gasteiger partial charge in [-0.15, -0.1) is 27.0 Å². The smallest absolute Gasteiger partial charge is 0.236 e. The number of nitrogens with one attached hydrogen (secondary N) is 1. The molecule has 0 aliphatic heterocycles. The SMILES string of the molecule is C=CCn1c(SCC(=O)Nc2nnc(C)s2)nnc1-c1ccc(N(CC)CC)cc1. The van der Waals surface area contributed by atoms with Gasteiger partial charge in [0, 0.05) is 30.9 Å². The molecule has 3 aromatic rings. The molecule has 30 heavy (non-hydrogen) atoms. The summed E-state index contributed by atoms with van der Waals surface area (Å²) in [4.78, 5) is 14.5. The van der Waals surface area contributed by atoms with E-state index in [4.69, 9.17) is 0 Å². The van der Waals surface area contributed by atoms with Crippen LogP contribution < -0.4 is 10.2 Å². The molecule has 0 radical (unpaired) electrons. The second-order valence-corrected chi connectivity index (χ2v) is 8.51. The molecule has 0 bridgehead atoms. The lowest BCUT2D eigenvalue weighted by molar-refractivity contribution is -0.113. The minimum Gasteiger partial charge on any atom is -0.372 e. The third-order valence-corrected chi connectivity index (χ3v) is 6.11. The molecule has 0 aliphatic carbocycles. The first-order chi connectivity index (χ1) is 14.5. The summed E-state index contributed by atoms with van der Waals surface area (Å²) >= 11 is 2.67. The van der Waals surface area contributed by atoms with Gasteiger partial charge in [0.2, 0.25) is 11.0 Å². The number of aromatic nitrogens is 5. The number of carbonyl (C=O) groups excluding carboxylic acids is 1. The van der Waals surface area contributed by atoms with Crippen molar-refractivity contribution in [1.29, 1.82) is 0 Å². The second kappa shape index (κ2) is 10.4. The van der Waals surface area contributed by atoms with Crippen LogP contribution in [0.4, 0.5) is 10.8 Å². The minimum absolute atomic E-state index is 0.158. The van der Waals surface area contributed by atoms with E-state index >= 15 is 0 Å². The average molecular weight is 444 g/mol. The molecule has 0 atom stereocenters. The first kappa shape index (κ1) is 22.0. The standard InChI is InChI=1S/C20H25N7OS2/c1-5-12-27-18(15-8-10-16(11-9-15)26(6-2)7-3)23-25-20(27)29-13-17(28)21-19-24-22-14(4)30-19/h5,8-11H,1,6-7,12-13H2,2-4H3,(H,21,24,28). The average Bonchev–Trinajstić information content (AvgIpc) is 3.34. The molecule has 1 N–H and O–H groups in total. The number of carbonyl (C=O) groups is 1. The van der Waals surface area contributed by atoms with E-state index in [0.29, 0.717) is 16.8 Å². The van der Waals surface area contributed by atoms with Gasteiger partial charge in [-0.1, -0.05) is 29.2 Å². The van der Waals surface area contributed by atoms with Crippen molar-refractivity contribution in [3.8, 4) is 11.4 Å². The van der Waals surface area contributed by atoms with Crippen molar-refractivity contribution >= 4 is 39.8 Å². The number of amides is 1. The number of nitrogens with zero attached hydrogens (tertiary/aromatic N) is 6. The fraction of sp³-hybridized carbons (Fsp3) is 0.350. The minimum atomic E-state index is -0.158. The van der Waals surface area contributed by atoms with Crippen LogP contribution in [0.3, 0.4) is 0 Å². The Labute approximate surface area is 184 Å². The highest BCUT2D eigenvalue weighted by atomic mass is 32.2. The predicted molar refractivity (Wildman–Crippen MR) is 123 cm³/mol. The number of benzene rings is 1. The number of rotatable bonds is 10. The van der Waals surface area contributed by atoms with Crippen molar-refractivity contribution in [2.24, 2.45) is 0 Å². The largest absolute Gasteiger partial charge is 0.372 e. The number of allylic oxidation sites excluding steroid dienone is 1. The number of anilines is 2. The van der Waals surface area contributed by atoms with E-state index in [9.17, 15) is 4.79 Å². The van der Waals surface area contributed by atoms with Crippen LogP contribution in [0.15, 0.2) is 42.1 Å². The lowest BCUT2D eigenvalue weighted by Crippen LogP contribution is -2.21. The van der Waals surface area contributed by atoms with E-state index in [1.54, 1.807) is 6.08 Å². The van der Waals surface area contributed by atoms with Gasteiger partial charge in [0.05, 0.1) is 5.75 Å². The molecular weight excluding hydrogens is 418 g/mol. The summed E-state index contributed by atoms with van der Waals surface area (Å²) < 4.78 is 1.96. The zero-order valence-electron chi connectivity index (χ0n) is 17.3. The first-order valence-corrected chi connectivity index (χ1v) is 11.5. The van der Waals surface area contributed by atoms with Crippen LogP contribution in [0.2, 0.25) is 0 Å². The molecule has 3 rings (SSSR count). The molecule has 0 unspecified atom stereocenters. The second-order valence-electron chi connectivity index (χ2n) is 6.39. The number of aryl methyl sites for hydroxylation is 1. The molecule has 0 aliphatic rings. The molecule has 1 aromatic carbocycles. The maximum atomic E-state index is 12.2. The molecule has 0 saturated carbocycles. The van der Waals surface area contributed by atoms with Gasteiger partial charge in [0.25, 0.3) is 0 Å². The Morgan fingerprint density at radius 2 is 1.93 bits per heavy atom. The van der Waals surface area contributed by atoms with Crippen LogP contribution in [0.1, 0.15) is 18.9 Å². The molecule has 8 nitrogen and oxygen atoms in total. The van der Waals surface area contributed by atoms with Crippen molar-refractivity contribution in [2.45, 2.75) is 32.5 Å². The number of hydrogen-bond acceptors (Lipinski definition) is 8. The van der Waals surface area contributed by atoms with Crippen LogP contribution in [-0.4, -0.2) is 49.7 Å². The van der Waals surface area contributed by atoms with Crippen molar-refractivity contribution in [3.63, 3.8) is 0 Å². The molecule has 158 valence electrons. The van der Waals surface area contributed by atoms with Gasteiger partial charge in [0.15, 0.2) is 11.0 Å². The van der Waals surface area contributed by atoms with Crippen LogP contribution in [0.5, 0.6) is 0 Å². The third-order valence-electron chi connectivity index (χ3n) is 4.39. The Kier molecular flexibility index (Phi) is 7.58. The summed E-state index contributed by atoms with van der Waals surface area (Å²) in [5.74, 6) is 0.799. The number of thioether (sulfide) groups is 1. The summed E-state index contributed by atoms with van der Waals surface area (Å²) in [6, 6.07) is 8.30. The summed E-state index contributed by atoms with van der Waals surface area (Å²) in [6.45, 7) is 12.4. The Morgan fingerprint density at radius 3 is 2.53 bits per heavy atom. The molecule has 1 amide bonds. The Bertz CT molecular complexity index is 993. The zero-order valence-corrected chi connectivity index (χ0v) is 19.0. The van der Waals surface area contributed by atoms with E-state index in [1.807, 2.05) is 11.5 Å². The summed E-state index contributed by atoms with van der Waals surface area (Å²) in [5.41, 5.74) is 2.15. The summed E-state index contributed by atoms with van der Waals surface area (Å²) in [6.07, 6.45) is 1.80. The van der Waals surface area contributed by atoms with Gasteiger partial charge >= 0.3 is 0 Å². The zero-order chi connectivity index (χ0) is 21.5. The molecule has 2 aromatic heterocycles. The predicted octanol–water partition coefficient (Wildman–Crippen LogP) is 3.87. The fourth-order valence-corrected chi connectivity index (χ4v) is 4.30. The van der Waals surface area contributed by atoms with Gasteiger partial charge in [-0.25, -0.2) is 0 Å². The van der Waals surface area contributed by atoms with Gasteiger partial charge in [-0.2, -0.15) is 0 Å². The van der Waals surface area contributed by atoms with E-state index in [0.717, 1.165) is 29.5 Å². The molecule has 2 heterocycles. The van der Waals surface area contributed by atoms with E-state index < -0.39 is 0 Å². The topological polar surface area (TPSA) is 88.8 Å². The fourth-order valence-electron chi connectivity index (χ4n) is 2.95. The highest BCUT2D eigenvalue weighted by molar-refractivity contribution is 7.99. The van der Waals surface area contributed by atoms with Crippen molar-refractivity contribution in [3.05, 3.63) is 41.9 Å². The third kappa shape index (κ3) is 5.25. The monoisotopic (exact) mass is 443 g/mol. The van der Waals surface area contributed by atoms with Crippen LogP contribution in [0.25, 0.3) is 11.4 Å². The van der Waals surface area contributed by atoms with Crippen molar-refractivity contribution < 1.29 is 4.79 Å². The van der Waals surface area contributed by atoms with Crippen LogP contribution >= 0.6 is 23.1 Å².